The van der Waals surface area contributed by atoms with Crippen LogP contribution in [0.4, 0.5) is 13.2 Å². The van der Waals surface area contributed by atoms with E-state index in [4.69, 9.17) is 0 Å². The molecule has 2 aromatic rings. The third-order valence-corrected chi connectivity index (χ3v) is 4.33. The molecule has 0 aromatic heterocycles. The molecule has 1 aliphatic carbocycles. The summed E-state index contributed by atoms with van der Waals surface area (Å²) in [4.78, 5) is 0. The van der Waals surface area contributed by atoms with E-state index >= 15 is 0 Å². The molecule has 0 fully saturated rings. The van der Waals surface area contributed by atoms with E-state index in [2.05, 4.69) is 4.74 Å². The number of halogens is 3. The molecule has 3 rings (SSSR count). The van der Waals surface area contributed by atoms with Crippen LogP contribution in [0.2, 0.25) is 0 Å². The molecule has 0 N–H and O–H groups in total. The molecular formula is C21H19F3O. The summed E-state index contributed by atoms with van der Waals surface area (Å²) in [5, 5.41) is 0. The molecule has 0 heterocycles. The molecule has 0 bridgehead atoms. The maximum Gasteiger partial charge on any atom is 0.523 e. The van der Waals surface area contributed by atoms with Crippen molar-refractivity contribution in [1.82, 2.24) is 0 Å². The van der Waals surface area contributed by atoms with Gasteiger partial charge in [0.05, 0.1) is 0 Å². The van der Waals surface area contributed by atoms with Crippen molar-refractivity contribution in [3.63, 3.8) is 0 Å². The average Bonchev–Trinajstić information content (AvgIpc) is 2.62. The van der Waals surface area contributed by atoms with Crippen LogP contribution in [0.15, 0.2) is 78.4 Å². The van der Waals surface area contributed by atoms with Gasteiger partial charge in [-0.2, -0.15) is 0 Å². The van der Waals surface area contributed by atoms with Crippen molar-refractivity contribution in [2.75, 3.05) is 0 Å². The SMILES string of the molecule is CCC1=CC(c2ccccc2)C(OC(F)(F)F)C(c2ccccc2)=C1. The Morgan fingerprint density at radius 2 is 1.52 bits per heavy atom. The van der Waals surface area contributed by atoms with Crippen molar-refractivity contribution >= 4 is 5.57 Å². The number of ether oxygens (including phenoxy) is 1. The lowest BCUT2D eigenvalue weighted by Crippen LogP contribution is -2.31. The molecule has 4 heteroatoms. The Morgan fingerprint density at radius 1 is 0.920 bits per heavy atom. The highest BCUT2D eigenvalue weighted by Gasteiger charge is 2.40. The van der Waals surface area contributed by atoms with Gasteiger partial charge < -0.3 is 0 Å². The lowest BCUT2D eigenvalue weighted by molar-refractivity contribution is -0.336. The average molecular weight is 344 g/mol. The highest BCUT2D eigenvalue weighted by atomic mass is 19.4. The second-order valence-corrected chi connectivity index (χ2v) is 5.98. The summed E-state index contributed by atoms with van der Waals surface area (Å²) < 4.78 is 44.0. The monoisotopic (exact) mass is 344 g/mol. The molecular weight excluding hydrogens is 325 g/mol. The fraction of sp³-hybridized carbons (Fsp3) is 0.238. The van der Waals surface area contributed by atoms with Crippen molar-refractivity contribution in [1.29, 1.82) is 0 Å². The fourth-order valence-corrected chi connectivity index (χ4v) is 3.17. The summed E-state index contributed by atoms with van der Waals surface area (Å²) >= 11 is 0. The van der Waals surface area contributed by atoms with Crippen LogP contribution in [0.3, 0.4) is 0 Å². The third-order valence-electron chi connectivity index (χ3n) is 4.33. The predicted molar refractivity (Wildman–Crippen MR) is 92.9 cm³/mol. The van der Waals surface area contributed by atoms with Gasteiger partial charge in [-0.15, -0.1) is 13.2 Å². The molecule has 0 saturated carbocycles. The van der Waals surface area contributed by atoms with Crippen LogP contribution in [-0.4, -0.2) is 12.5 Å². The predicted octanol–water partition coefficient (Wildman–Crippen LogP) is 6.11. The van der Waals surface area contributed by atoms with Crippen LogP contribution in [0.5, 0.6) is 0 Å². The lowest BCUT2D eigenvalue weighted by Gasteiger charge is -2.32. The van der Waals surface area contributed by atoms with E-state index in [1.165, 1.54) is 0 Å². The molecule has 0 amide bonds. The molecule has 130 valence electrons. The van der Waals surface area contributed by atoms with Gasteiger partial charge in [-0.25, -0.2) is 0 Å². The summed E-state index contributed by atoms with van der Waals surface area (Å²) in [6.45, 7) is 2.00. The molecule has 1 aliphatic rings. The standard InChI is InChI=1S/C21H19F3O/c1-2-15-13-18(16-9-5-3-6-10-16)20(25-21(22,23)24)19(14-15)17-11-7-4-8-12-17/h3-14,18,20H,2H2,1H3. The Bertz CT molecular complexity index is 761. The molecule has 2 atom stereocenters. The smallest absolute Gasteiger partial charge is 0.283 e. The second kappa shape index (κ2) is 7.28. The van der Waals surface area contributed by atoms with Crippen LogP contribution in [-0.2, 0) is 4.74 Å². The molecule has 0 aliphatic heterocycles. The maximum absolute atomic E-state index is 13.1. The first-order valence-corrected chi connectivity index (χ1v) is 8.25. The van der Waals surface area contributed by atoms with E-state index in [0.717, 1.165) is 23.1 Å². The first kappa shape index (κ1) is 17.5. The van der Waals surface area contributed by atoms with E-state index in [1.807, 2.05) is 79.7 Å². The van der Waals surface area contributed by atoms with Gasteiger partial charge in [-0.1, -0.05) is 85.3 Å². The Balaban J connectivity index is 2.10. The van der Waals surface area contributed by atoms with Gasteiger partial charge in [-0.3, -0.25) is 4.74 Å². The van der Waals surface area contributed by atoms with Gasteiger partial charge in [0, 0.05) is 5.92 Å². The summed E-state index contributed by atoms with van der Waals surface area (Å²) in [7, 11) is 0. The van der Waals surface area contributed by atoms with E-state index in [-0.39, 0.29) is 0 Å². The van der Waals surface area contributed by atoms with Crippen LogP contribution < -0.4 is 0 Å². The van der Waals surface area contributed by atoms with Crippen LogP contribution in [0.25, 0.3) is 5.57 Å². The number of alkyl halides is 3. The Hall–Kier alpha value is -2.33. The van der Waals surface area contributed by atoms with Crippen LogP contribution >= 0.6 is 0 Å². The summed E-state index contributed by atoms with van der Waals surface area (Å²) in [6.07, 6.45) is -1.36. The first-order valence-electron chi connectivity index (χ1n) is 8.25. The van der Waals surface area contributed by atoms with Crippen molar-refractivity contribution < 1.29 is 17.9 Å². The number of benzene rings is 2. The number of hydrogen-bond acceptors (Lipinski definition) is 1. The second-order valence-electron chi connectivity index (χ2n) is 5.98. The lowest BCUT2D eigenvalue weighted by atomic mass is 9.80. The van der Waals surface area contributed by atoms with Crippen molar-refractivity contribution in [3.05, 3.63) is 89.5 Å². The van der Waals surface area contributed by atoms with Crippen LogP contribution in [0, 0.1) is 0 Å². The van der Waals surface area contributed by atoms with Gasteiger partial charge in [0.25, 0.3) is 0 Å². The minimum atomic E-state index is -4.71. The van der Waals surface area contributed by atoms with Gasteiger partial charge in [-0.05, 0) is 23.1 Å². The van der Waals surface area contributed by atoms with Gasteiger partial charge in [0.15, 0.2) is 0 Å². The van der Waals surface area contributed by atoms with E-state index < -0.39 is 18.4 Å². The van der Waals surface area contributed by atoms with Crippen molar-refractivity contribution in [2.45, 2.75) is 31.7 Å². The van der Waals surface area contributed by atoms with E-state index in [0.29, 0.717) is 5.57 Å². The molecule has 2 aromatic carbocycles. The minimum absolute atomic E-state index is 0.488. The van der Waals surface area contributed by atoms with Gasteiger partial charge in [0.2, 0.25) is 0 Å². The van der Waals surface area contributed by atoms with Crippen molar-refractivity contribution in [2.24, 2.45) is 0 Å². The normalized spacial score (nSPS) is 20.8. The van der Waals surface area contributed by atoms with Crippen molar-refractivity contribution in [3.8, 4) is 0 Å². The number of hydrogen-bond donors (Lipinski definition) is 0. The van der Waals surface area contributed by atoms with Gasteiger partial charge >= 0.3 is 6.36 Å². The summed E-state index contributed by atoms with van der Waals surface area (Å²) in [5.41, 5.74) is 3.13. The highest BCUT2D eigenvalue weighted by Crippen LogP contribution is 2.41. The Labute approximate surface area is 145 Å². The largest absolute Gasteiger partial charge is 0.523 e. The van der Waals surface area contributed by atoms with Crippen LogP contribution in [0.1, 0.15) is 30.4 Å². The quantitative estimate of drug-likeness (QED) is 0.650. The zero-order chi connectivity index (χ0) is 17.9. The van der Waals surface area contributed by atoms with Gasteiger partial charge in [0.1, 0.15) is 6.10 Å². The zero-order valence-electron chi connectivity index (χ0n) is 13.8. The minimum Gasteiger partial charge on any atom is -0.283 e. The Morgan fingerprint density at radius 3 is 2.08 bits per heavy atom. The maximum atomic E-state index is 13.1. The molecule has 0 spiro atoms. The topological polar surface area (TPSA) is 9.23 Å². The van der Waals surface area contributed by atoms with E-state index in [1.54, 1.807) is 0 Å². The molecule has 0 saturated heterocycles. The summed E-state index contributed by atoms with van der Waals surface area (Å²) in [6, 6.07) is 18.3. The number of allylic oxidation sites excluding steroid dienone is 2. The third kappa shape index (κ3) is 4.20. The fourth-order valence-electron chi connectivity index (χ4n) is 3.17. The Kier molecular flexibility index (Phi) is 5.09. The van der Waals surface area contributed by atoms with E-state index in [9.17, 15) is 13.2 Å². The molecule has 1 nitrogen and oxygen atoms in total. The highest BCUT2D eigenvalue weighted by molar-refractivity contribution is 5.74. The molecule has 0 radical (unpaired) electrons. The zero-order valence-corrected chi connectivity index (χ0v) is 13.8. The first-order chi connectivity index (χ1) is 12.0. The summed E-state index contributed by atoms with van der Waals surface area (Å²) in [5.74, 6) is -0.488. The molecule has 25 heavy (non-hydrogen) atoms. The molecule has 2 unspecified atom stereocenters. The number of rotatable bonds is 4.